The standard InChI is InChI=1S/C3H5BrO3.Na/c1-3(4,7)2(5)6;/h7H,1H3,(H,5,6);/q;+1/p-1. The van der Waals surface area contributed by atoms with E-state index in [1.807, 2.05) is 0 Å². The van der Waals surface area contributed by atoms with Gasteiger partial charge in [0.2, 0.25) is 0 Å². The monoisotopic (exact) mass is 190 g/mol. The van der Waals surface area contributed by atoms with Crippen molar-refractivity contribution in [2.45, 2.75) is 11.4 Å². The molecule has 3 nitrogen and oxygen atoms in total. The Balaban J connectivity index is 0. The van der Waals surface area contributed by atoms with Gasteiger partial charge in [0.25, 0.3) is 0 Å². The minimum atomic E-state index is -1.88. The molecule has 0 rings (SSSR count). The van der Waals surface area contributed by atoms with Crippen molar-refractivity contribution >= 4 is 21.9 Å². The third-order valence-electron chi connectivity index (χ3n) is 0.373. The SMILES string of the molecule is CC(O)(Br)C(=O)[O-].[Na+]. The van der Waals surface area contributed by atoms with Gasteiger partial charge in [0.1, 0.15) is 0 Å². The van der Waals surface area contributed by atoms with E-state index in [1.165, 1.54) is 0 Å². The molecule has 0 amide bonds. The van der Waals surface area contributed by atoms with Crippen molar-refractivity contribution < 1.29 is 44.6 Å². The number of carbonyl (C=O) groups excluding carboxylic acids is 1. The topological polar surface area (TPSA) is 60.4 Å². The van der Waals surface area contributed by atoms with Crippen molar-refractivity contribution in [3.05, 3.63) is 0 Å². The van der Waals surface area contributed by atoms with E-state index in [2.05, 4.69) is 15.9 Å². The fraction of sp³-hybridized carbons (Fsp3) is 0.667. The number of hydrogen-bond donors (Lipinski definition) is 1. The van der Waals surface area contributed by atoms with Crippen LogP contribution < -0.4 is 34.7 Å². The summed E-state index contributed by atoms with van der Waals surface area (Å²) >= 11 is 2.44. The van der Waals surface area contributed by atoms with Crippen LogP contribution in [0.2, 0.25) is 0 Å². The van der Waals surface area contributed by atoms with Gasteiger partial charge >= 0.3 is 29.6 Å². The van der Waals surface area contributed by atoms with Crippen molar-refractivity contribution in [2.24, 2.45) is 0 Å². The number of carboxylic acid groups (broad SMARTS) is 1. The Labute approximate surface area is 77.5 Å². The summed E-state index contributed by atoms with van der Waals surface area (Å²) < 4.78 is -1.88. The Morgan fingerprint density at radius 3 is 2.00 bits per heavy atom. The molecule has 0 heterocycles. The van der Waals surface area contributed by atoms with Crippen LogP contribution in [0.3, 0.4) is 0 Å². The Morgan fingerprint density at radius 1 is 1.88 bits per heavy atom. The zero-order valence-corrected chi connectivity index (χ0v) is 8.23. The maximum absolute atomic E-state index is 9.61. The zero-order chi connectivity index (χ0) is 6.08. The van der Waals surface area contributed by atoms with E-state index >= 15 is 0 Å². The molecule has 0 aromatic carbocycles. The van der Waals surface area contributed by atoms with Gasteiger partial charge < -0.3 is 15.0 Å². The number of alkyl halides is 1. The Hall–Kier alpha value is 0.910. The minimum absolute atomic E-state index is 0. The number of aliphatic hydroxyl groups is 1. The van der Waals surface area contributed by atoms with E-state index in [1.54, 1.807) is 0 Å². The van der Waals surface area contributed by atoms with Crippen LogP contribution in [-0.2, 0) is 4.79 Å². The first-order valence-corrected chi connectivity index (χ1v) is 2.36. The fourth-order valence-corrected chi connectivity index (χ4v) is 0. The van der Waals surface area contributed by atoms with E-state index < -0.39 is 10.5 Å². The summed E-state index contributed by atoms with van der Waals surface area (Å²) in [4.78, 5) is 9.61. The van der Waals surface area contributed by atoms with E-state index in [4.69, 9.17) is 5.11 Å². The Bertz CT molecular complexity index is 87.0. The summed E-state index contributed by atoms with van der Waals surface area (Å²) in [5, 5.41) is 18.0. The van der Waals surface area contributed by atoms with Crippen LogP contribution in [0, 0.1) is 0 Å². The molecule has 1 unspecified atom stereocenters. The van der Waals surface area contributed by atoms with Crippen LogP contribution >= 0.6 is 15.9 Å². The molecular weight excluding hydrogens is 187 g/mol. The molecule has 5 heteroatoms. The van der Waals surface area contributed by atoms with Gasteiger partial charge in [-0.25, -0.2) is 0 Å². The van der Waals surface area contributed by atoms with Crippen LogP contribution in [0.4, 0.5) is 0 Å². The molecule has 1 atom stereocenters. The molecule has 0 radical (unpaired) electrons. The number of hydrogen-bond acceptors (Lipinski definition) is 3. The molecule has 0 aliphatic heterocycles. The summed E-state index contributed by atoms with van der Waals surface area (Å²) in [5.74, 6) is -1.53. The van der Waals surface area contributed by atoms with Gasteiger partial charge in [0.15, 0.2) is 4.51 Å². The van der Waals surface area contributed by atoms with Crippen molar-refractivity contribution in [3.8, 4) is 0 Å². The van der Waals surface area contributed by atoms with Crippen LogP contribution in [0.1, 0.15) is 6.92 Å². The molecule has 1 N–H and O–H groups in total. The predicted octanol–water partition coefficient (Wildman–Crippen LogP) is -4.16. The largest absolute Gasteiger partial charge is 1.00 e. The number of halogens is 1. The summed E-state index contributed by atoms with van der Waals surface area (Å²) in [5.41, 5.74) is 0. The van der Waals surface area contributed by atoms with Gasteiger partial charge in [0, 0.05) is 0 Å². The summed E-state index contributed by atoms with van der Waals surface area (Å²) in [6.45, 7) is 1.07. The number of aliphatic carboxylic acids is 1. The number of carbonyl (C=O) groups is 1. The fourth-order valence-electron chi connectivity index (χ4n) is 0. The summed E-state index contributed by atoms with van der Waals surface area (Å²) in [7, 11) is 0. The average molecular weight is 191 g/mol. The molecule has 0 aromatic heterocycles. The summed E-state index contributed by atoms with van der Waals surface area (Å²) in [6, 6.07) is 0. The molecule has 0 spiro atoms. The Morgan fingerprint density at radius 2 is 2.00 bits per heavy atom. The third kappa shape index (κ3) is 5.05. The molecule has 42 valence electrons. The second-order valence-corrected chi connectivity index (χ2v) is 2.78. The molecule has 0 aliphatic rings. The van der Waals surface area contributed by atoms with Crippen molar-refractivity contribution in [3.63, 3.8) is 0 Å². The second-order valence-electron chi connectivity index (χ2n) is 1.24. The van der Waals surface area contributed by atoms with Crippen molar-refractivity contribution in [2.75, 3.05) is 0 Å². The normalized spacial score (nSPS) is 15.9. The maximum Gasteiger partial charge on any atom is 1.00 e. The van der Waals surface area contributed by atoms with Crippen molar-refractivity contribution in [1.82, 2.24) is 0 Å². The summed E-state index contributed by atoms with van der Waals surface area (Å²) in [6.07, 6.45) is 0. The van der Waals surface area contributed by atoms with Crippen LogP contribution in [-0.4, -0.2) is 15.6 Å². The van der Waals surface area contributed by atoms with E-state index in [9.17, 15) is 9.90 Å². The molecule has 0 aliphatic carbocycles. The third-order valence-corrected chi connectivity index (χ3v) is 0.696. The maximum atomic E-state index is 9.61. The smallest absolute Gasteiger partial charge is 0.546 e. The van der Waals surface area contributed by atoms with Gasteiger partial charge in [-0.1, -0.05) is 0 Å². The predicted molar refractivity (Wildman–Crippen MR) is 24.6 cm³/mol. The molecule has 0 saturated carbocycles. The van der Waals surface area contributed by atoms with Gasteiger partial charge in [-0.05, 0) is 22.9 Å². The average Bonchev–Trinajstić information content (AvgIpc) is 1.31. The van der Waals surface area contributed by atoms with Crippen LogP contribution in [0.5, 0.6) is 0 Å². The molecule has 0 bridgehead atoms. The first-order valence-electron chi connectivity index (χ1n) is 1.57. The first kappa shape index (κ1) is 11.7. The Kier molecular flexibility index (Phi) is 5.61. The zero-order valence-electron chi connectivity index (χ0n) is 4.64. The van der Waals surface area contributed by atoms with Crippen LogP contribution in [0.15, 0.2) is 0 Å². The van der Waals surface area contributed by atoms with Gasteiger partial charge in [-0.15, -0.1) is 0 Å². The van der Waals surface area contributed by atoms with E-state index in [0.717, 1.165) is 6.92 Å². The minimum Gasteiger partial charge on any atom is -0.546 e. The second kappa shape index (κ2) is 3.85. The van der Waals surface area contributed by atoms with Crippen molar-refractivity contribution in [1.29, 1.82) is 0 Å². The van der Waals surface area contributed by atoms with E-state index in [0.29, 0.717) is 0 Å². The quantitative estimate of drug-likeness (QED) is 0.338. The number of carboxylic acids is 1. The van der Waals surface area contributed by atoms with Gasteiger partial charge in [-0.2, -0.15) is 0 Å². The molecule has 0 saturated heterocycles. The van der Waals surface area contributed by atoms with Gasteiger partial charge in [0.05, 0.1) is 5.97 Å². The number of rotatable bonds is 1. The molecule has 0 aromatic rings. The van der Waals surface area contributed by atoms with E-state index in [-0.39, 0.29) is 29.6 Å². The molecule has 8 heavy (non-hydrogen) atoms. The molecule has 0 fully saturated rings. The van der Waals surface area contributed by atoms with Crippen LogP contribution in [0.25, 0.3) is 0 Å². The molecular formula is C3H4BrNaO3. The van der Waals surface area contributed by atoms with Gasteiger partial charge in [-0.3, -0.25) is 0 Å². The first-order chi connectivity index (χ1) is 2.94.